The van der Waals surface area contributed by atoms with Crippen molar-refractivity contribution >= 4 is 17.5 Å². The van der Waals surface area contributed by atoms with Gasteiger partial charge in [0.15, 0.2) is 0 Å². The first kappa shape index (κ1) is 18.2. The summed E-state index contributed by atoms with van der Waals surface area (Å²) in [6.07, 6.45) is 7.84. The first-order chi connectivity index (χ1) is 13.5. The van der Waals surface area contributed by atoms with Crippen LogP contribution in [0.15, 0.2) is 48.9 Å². The quantitative estimate of drug-likeness (QED) is 0.707. The number of carbonyl (C=O) groups is 1. The first-order valence-corrected chi connectivity index (χ1v) is 9.26. The molecule has 1 amide bonds. The van der Waals surface area contributed by atoms with E-state index in [1.165, 1.54) is 25.0 Å². The molecule has 1 N–H and O–H groups in total. The predicted molar refractivity (Wildman–Crippen MR) is 107 cm³/mol. The highest BCUT2D eigenvalue weighted by Crippen LogP contribution is 2.32. The highest BCUT2D eigenvalue weighted by atomic mass is 19.1. The van der Waals surface area contributed by atoms with Crippen LogP contribution < -0.4 is 10.2 Å². The molecule has 2 heterocycles. The maximum Gasteiger partial charge on any atom is 0.272 e. The summed E-state index contributed by atoms with van der Waals surface area (Å²) in [7, 11) is 3.77. The van der Waals surface area contributed by atoms with Gasteiger partial charge in [0.05, 0.1) is 0 Å². The second kappa shape index (κ2) is 7.42. The maximum absolute atomic E-state index is 13.4. The van der Waals surface area contributed by atoms with Crippen LogP contribution in [0.4, 0.5) is 16.0 Å². The van der Waals surface area contributed by atoms with Crippen LogP contribution >= 0.6 is 0 Å². The van der Waals surface area contributed by atoms with Crippen molar-refractivity contribution in [3.63, 3.8) is 0 Å². The monoisotopic (exact) mass is 379 g/mol. The van der Waals surface area contributed by atoms with E-state index in [0.717, 1.165) is 17.7 Å². The van der Waals surface area contributed by atoms with E-state index >= 15 is 0 Å². The minimum absolute atomic E-state index is 0.261. The molecule has 2 aromatic heterocycles. The van der Waals surface area contributed by atoms with Crippen LogP contribution in [-0.2, 0) is 6.54 Å². The number of benzene rings is 1. The molecule has 0 radical (unpaired) electrons. The first-order valence-electron chi connectivity index (χ1n) is 9.26. The van der Waals surface area contributed by atoms with E-state index in [4.69, 9.17) is 0 Å². The Labute approximate surface area is 163 Å². The highest BCUT2D eigenvalue weighted by Gasteiger charge is 2.25. The number of hydrogen-bond acceptors (Lipinski definition) is 4. The molecule has 1 aromatic carbocycles. The summed E-state index contributed by atoms with van der Waals surface area (Å²) in [6.45, 7) is 0.794. The number of anilines is 2. The summed E-state index contributed by atoms with van der Waals surface area (Å²) in [5.41, 5.74) is 2.71. The summed E-state index contributed by atoms with van der Waals surface area (Å²) >= 11 is 0. The summed E-state index contributed by atoms with van der Waals surface area (Å²) in [4.78, 5) is 23.4. The average Bonchev–Trinajstić information content (AvgIpc) is 3.38. The molecule has 6 nitrogen and oxygen atoms in total. The molecule has 0 spiro atoms. The van der Waals surface area contributed by atoms with Gasteiger partial charge in [-0.25, -0.2) is 14.4 Å². The number of aromatic nitrogens is 3. The normalized spacial score (nSPS) is 13.4. The number of halogens is 1. The lowest BCUT2D eigenvalue weighted by atomic mass is 10.2. The lowest BCUT2D eigenvalue weighted by molar-refractivity contribution is 0.101. The number of carbonyl (C=O) groups excluding carboxylic acids is 1. The van der Waals surface area contributed by atoms with E-state index in [-0.39, 0.29) is 11.7 Å². The van der Waals surface area contributed by atoms with Gasteiger partial charge in [-0.15, -0.1) is 0 Å². The number of rotatable bonds is 6. The fourth-order valence-corrected chi connectivity index (χ4v) is 3.05. The number of amides is 1. The Morgan fingerprint density at radius 2 is 1.96 bits per heavy atom. The second-order valence-corrected chi connectivity index (χ2v) is 7.34. The average molecular weight is 379 g/mol. The van der Waals surface area contributed by atoms with Crippen molar-refractivity contribution in [3.8, 4) is 11.1 Å². The molecule has 0 saturated heterocycles. The maximum atomic E-state index is 13.4. The Morgan fingerprint density at radius 3 is 2.61 bits per heavy atom. The molecule has 7 heteroatoms. The number of nitrogens with one attached hydrogen (secondary N) is 1. The van der Waals surface area contributed by atoms with Gasteiger partial charge in [0, 0.05) is 56.0 Å². The van der Waals surface area contributed by atoms with Gasteiger partial charge >= 0.3 is 0 Å². The predicted octanol–water partition coefficient (Wildman–Crippen LogP) is 3.81. The molecule has 28 heavy (non-hydrogen) atoms. The van der Waals surface area contributed by atoms with Gasteiger partial charge < -0.3 is 14.8 Å². The summed E-state index contributed by atoms with van der Waals surface area (Å²) in [5, 5.41) is 2.78. The van der Waals surface area contributed by atoms with E-state index < -0.39 is 0 Å². The van der Waals surface area contributed by atoms with Crippen molar-refractivity contribution in [2.75, 3.05) is 24.3 Å². The van der Waals surface area contributed by atoms with Gasteiger partial charge in [-0.2, -0.15) is 0 Å². The highest BCUT2D eigenvalue weighted by molar-refractivity contribution is 6.04. The molecule has 144 valence electrons. The van der Waals surface area contributed by atoms with E-state index in [0.29, 0.717) is 23.2 Å². The standard InChI is InChI=1S/C21H22FN5O/c1-26(2)21-23-10-16(11-24-21)15-8-19(27(13-15)12-14-6-7-14)20(28)25-18-5-3-4-17(22)9-18/h3-5,8-11,13-14H,6-7,12H2,1-2H3,(H,25,28). The molecular formula is C21H22FN5O. The molecule has 3 aromatic rings. The zero-order valence-corrected chi connectivity index (χ0v) is 15.9. The van der Waals surface area contributed by atoms with Gasteiger partial charge in [-0.3, -0.25) is 4.79 Å². The van der Waals surface area contributed by atoms with Crippen LogP contribution in [0.1, 0.15) is 23.3 Å². The minimum atomic E-state index is -0.384. The van der Waals surface area contributed by atoms with Crippen molar-refractivity contribution in [2.45, 2.75) is 19.4 Å². The fraction of sp³-hybridized carbons (Fsp3) is 0.286. The Morgan fingerprint density at radius 1 is 1.21 bits per heavy atom. The molecule has 0 atom stereocenters. The number of hydrogen-bond donors (Lipinski definition) is 1. The zero-order valence-electron chi connectivity index (χ0n) is 15.9. The van der Waals surface area contributed by atoms with E-state index in [9.17, 15) is 9.18 Å². The smallest absolute Gasteiger partial charge is 0.272 e. The molecule has 1 fully saturated rings. The molecule has 0 aliphatic heterocycles. The topological polar surface area (TPSA) is 63.1 Å². The number of nitrogens with zero attached hydrogens (tertiary/aromatic N) is 4. The lowest BCUT2D eigenvalue weighted by Crippen LogP contribution is -2.17. The van der Waals surface area contributed by atoms with Crippen molar-refractivity contribution in [1.29, 1.82) is 0 Å². The summed E-state index contributed by atoms with van der Waals surface area (Å²) in [5.74, 6) is 0.590. The van der Waals surface area contributed by atoms with E-state index in [2.05, 4.69) is 15.3 Å². The SMILES string of the molecule is CN(C)c1ncc(-c2cc(C(=O)Nc3cccc(F)c3)n(CC3CC3)c2)cn1. The largest absolute Gasteiger partial charge is 0.347 e. The molecule has 4 rings (SSSR count). The van der Waals surface area contributed by atoms with E-state index in [1.807, 2.05) is 35.8 Å². The van der Waals surface area contributed by atoms with Crippen molar-refractivity contribution in [1.82, 2.24) is 14.5 Å². The van der Waals surface area contributed by atoms with Crippen LogP contribution in [0, 0.1) is 11.7 Å². The van der Waals surface area contributed by atoms with Crippen LogP contribution in [0.5, 0.6) is 0 Å². The Kier molecular flexibility index (Phi) is 4.81. The van der Waals surface area contributed by atoms with Crippen molar-refractivity contribution < 1.29 is 9.18 Å². The second-order valence-electron chi connectivity index (χ2n) is 7.34. The van der Waals surface area contributed by atoms with Gasteiger partial charge in [-0.1, -0.05) is 6.07 Å². The lowest BCUT2D eigenvalue weighted by Gasteiger charge is -2.09. The molecule has 1 saturated carbocycles. The molecular weight excluding hydrogens is 357 g/mol. The van der Waals surface area contributed by atoms with Gasteiger partial charge in [0.1, 0.15) is 11.5 Å². The minimum Gasteiger partial charge on any atom is -0.347 e. The molecule has 1 aliphatic rings. The van der Waals surface area contributed by atoms with Crippen LogP contribution in [-0.4, -0.2) is 34.5 Å². The van der Waals surface area contributed by atoms with Crippen LogP contribution in [0.2, 0.25) is 0 Å². The molecule has 1 aliphatic carbocycles. The third kappa shape index (κ3) is 4.03. The van der Waals surface area contributed by atoms with Crippen molar-refractivity contribution in [3.05, 3.63) is 60.4 Å². The Hall–Kier alpha value is -3.22. The van der Waals surface area contributed by atoms with Crippen LogP contribution in [0.3, 0.4) is 0 Å². The van der Waals surface area contributed by atoms with E-state index in [1.54, 1.807) is 24.5 Å². The summed E-state index contributed by atoms with van der Waals surface area (Å²) in [6, 6.07) is 7.74. The molecule has 0 unspecified atom stereocenters. The third-order valence-electron chi connectivity index (χ3n) is 4.74. The Bertz CT molecular complexity index is 992. The Balaban J connectivity index is 1.62. The van der Waals surface area contributed by atoms with Crippen molar-refractivity contribution in [2.24, 2.45) is 5.92 Å². The van der Waals surface area contributed by atoms with Gasteiger partial charge in [-0.05, 0) is 43.0 Å². The van der Waals surface area contributed by atoms with Gasteiger partial charge in [0.2, 0.25) is 5.95 Å². The fourth-order valence-electron chi connectivity index (χ4n) is 3.05. The third-order valence-corrected chi connectivity index (χ3v) is 4.74. The summed E-state index contributed by atoms with van der Waals surface area (Å²) < 4.78 is 15.4. The van der Waals surface area contributed by atoms with Gasteiger partial charge in [0.25, 0.3) is 5.91 Å². The molecule has 0 bridgehead atoms. The zero-order chi connectivity index (χ0) is 19.7. The van der Waals surface area contributed by atoms with Crippen LogP contribution in [0.25, 0.3) is 11.1 Å².